The molecule has 2 rings (SSSR count). The molecule has 0 spiro atoms. The molecule has 0 atom stereocenters. The Hall–Kier alpha value is -1.28. The van der Waals surface area contributed by atoms with Crippen LogP contribution in [-0.4, -0.2) is 26.5 Å². The van der Waals surface area contributed by atoms with Crippen molar-refractivity contribution >= 4 is 21.4 Å². The summed E-state index contributed by atoms with van der Waals surface area (Å²) in [7, 11) is -3.46. The van der Waals surface area contributed by atoms with Gasteiger partial charge in [-0.15, -0.1) is 11.3 Å². The topological polar surface area (TPSA) is 71.1 Å². The minimum absolute atomic E-state index is 0.343. The first-order valence-electron chi connectivity index (χ1n) is 6.80. The van der Waals surface area contributed by atoms with Crippen LogP contribution in [0, 0.1) is 0 Å². The lowest BCUT2D eigenvalue weighted by Gasteiger charge is -2.08. The van der Waals surface area contributed by atoms with Gasteiger partial charge in [0.15, 0.2) is 0 Å². The number of thiophene rings is 1. The molecule has 2 N–H and O–H groups in total. The molecule has 0 aliphatic rings. The summed E-state index contributed by atoms with van der Waals surface area (Å²) in [6.07, 6.45) is 2.28. The maximum atomic E-state index is 12.3. The van der Waals surface area contributed by atoms with Crippen molar-refractivity contribution in [2.75, 3.05) is 13.1 Å². The normalized spacial score (nSPS) is 11.7. The Morgan fingerprint density at radius 1 is 1.29 bits per heavy atom. The first-order chi connectivity index (χ1) is 10.1. The third-order valence-corrected chi connectivity index (χ3v) is 5.52. The fourth-order valence-electron chi connectivity index (χ4n) is 1.87. The van der Waals surface area contributed by atoms with E-state index in [9.17, 15) is 8.42 Å². The molecule has 0 bridgehead atoms. The SMILES string of the molecule is CCNCc1sccc1S(=O)(=O)NCCc1ccccn1. The van der Waals surface area contributed by atoms with Gasteiger partial charge in [-0.2, -0.15) is 0 Å². The highest BCUT2D eigenvalue weighted by atomic mass is 32.2. The molecule has 2 aromatic heterocycles. The molecule has 0 amide bonds. The lowest BCUT2D eigenvalue weighted by Crippen LogP contribution is -2.27. The fraction of sp³-hybridized carbons (Fsp3) is 0.357. The molecule has 0 aliphatic carbocycles. The number of rotatable bonds is 8. The van der Waals surface area contributed by atoms with Gasteiger partial charge in [-0.25, -0.2) is 13.1 Å². The van der Waals surface area contributed by atoms with E-state index in [1.807, 2.05) is 25.1 Å². The highest BCUT2D eigenvalue weighted by molar-refractivity contribution is 7.89. The molecule has 114 valence electrons. The molecular weight excluding hydrogens is 306 g/mol. The van der Waals surface area contributed by atoms with Gasteiger partial charge in [0.2, 0.25) is 10.0 Å². The summed E-state index contributed by atoms with van der Waals surface area (Å²) in [6, 6.07) is 7.27. The van der Waals surface area contributed by atoms with Crippen LogP contribution in [0.1, 0.15) is 17.5 Å². The van der Waals surface area contributed by atoms with E-state index in [0.29, 0.717) is 24.4 Å². The second-order valence-electron chi connectivity index (χ2n) is 4.46. The van der Waals surface area contributed by atoms with Gasteiger partial charge in [-0.3, -0.25) is 4.98 Å². The van der Waals surface area contributed by atoms with E-state index in [4.69, 9.17) is 0 Å². The number of sulfonamides is 1. The smallest absolute Gasteiger partial charge is 0.241 e. The van der Waals surface area contributed by atoms with Crippen LogP contribution >= 0.6 is 11.3 Å². The predicted octanol–water partition coefficient (Wildman–Crippen LogP) is 1.77. The summed E-state index contributed by atoms with van der Waals surface area (Å²) in [6.45, 7) is 3.72. The first kappa shape index (κ1) is 16.1. The van der Waals surface area contributed by atoms with Gasteiger partial charge in [0.05, 0.1) is 4.90 Å². The zero-order valence-corrected chi connectivity index (χ0v) is 13.5. The molecule has 0 radical (unpaired) electrons. The largest absolute Gasteiger partial charge is 0.312 e. The Morgan fingerprint density at radius 3 is 2.86 bits per heavy atom. The highest BCUT2D eigenvalue weighted by Gasteiger charge is 2.18. The summed E-state index contributed by atoms with van der Waals surface area (Å²) in [4.78, 5) is 5.38. The first-order valence-corrected chi connectivity index (χ1v) is 9.16. The molecule has 2 aromatic rings. The molecule has 0 saturated carbocycles. The van der Waals surface area contributed by atoms with E-state index in [0.717, 1.165) is 17.1 Å². The number of pyridine rings is 1. The summed E-state index contributed by atoms with van der Waals surface area (Å²) in [5.41, 5.74) is 0.874. The molecule has 5 nitrogen and oxygen atoms in total. The molecule has 0 aliphatic heterocycles. The summed E-state index contributed by atoms with van der Waals surface area (Å²) in [5.74, 6) is 0. The van der Waals surface area contributed by atoms with Crippen molar-refractivity contribution < 1.29 is 8.42 Å². The van der Waals surface area contributed by atoms with Crippen LogP contribution in [0.15, 0.2) is 40.7 Å². The highest BCUT2D eigenvalue weighted by Crippen LogP contribution is 2.21. The Labute approximate surface area is 129 Å². The summed E-state index contributed by atoms with van der Waals surface area (Å²) >= 11 is 1.45. The molecule has 21 heavy (non-hydrogen) atoms. The Kier molecular flexibility index (Phi) is 5.86. The zero-order chi connectivity index (χ0) is 15.1. The maximum absolute atomic E-state index is 12.3. The van der Waals surface area contributed by atoms with Crippen LogP contribution in [0.2, 0.25) is 0 Å². The van der Waals surface area contributed by atoms with Crippen LogP contribution in [0.4, 0.5) is 0 Å². The van der Waals surface area contributed by atoms with Crippen LogP contribution in [-0.2, 0) is 23.0 Å². The number of nitrogens with zero attached hydrogens (tertiary/aromatic N) is 1. The standard InChI is InChI=1S/C14H19N3O2S2/c1-2-15-11-13-14(7-10-20-13)21(18,19)17-9-6-12-5-3-4-8-16-12/h3-5,7-8,10,15,17H,2,6,9,11H2,1H3. The van der Waals surface area contributed by atoms with Gasteiger partial charge >= 0.3 is 0 Å². The molecular formula is C14H19N3O2S2. The fourth-order valence-corrected chi connectivity index (χ4v) is 4.32. The zero-order valence-electron chi connectivity index (χ0n) is 11.9. The number of hydrogen-bond donors (Lipinski definition) is 2. The van der Waals surface area contributed by atoms with Crippen LogP contribution in [0.5, 0.6) is 0 Å². The van der Waals surface area contributed by atoms with Gasteiger partial charge in [0.1, 0.15) is 0 Å². The lowest BCUT2D eigenvalue weighted by atomic mass is 10.3. The second-order valence-corrected chi connectivity index (χ2v) is 7.19. The average Bonchev–Trinajstić information content (AvgIpc) is 2.95. The number of nitrogens with one attached hydrogen (secondary N) is 2. The average molecular weight is 325 g/mol. The number of hydrogen-bond acceptors (Lipinski definition) is 5. The molecule has 7 heteroatoms. The minimum Gasteiger partial charge on any atom is -0.312 e. The monoisotopic (exact) mass is 325 g/mol. The molecule has 0 saturated heterocycles. The van der Waals surface area contributed by atoms with Gasteiger partial charge in [0.25, 0.3) is 0 Å². The van der Waals surface area contributed by atoms with E-state index in [1.165, 1.54) is 11.3 Å². The third-order valence-electron chi connectivity index (χ3n) is 2.93. The van der Waals surface area contributed by atoms with Crippen molar-refractivity contribution in [3.63, 3.8) is 0 Å². The summed E-state index contributed by atoms with van der Waals surface area (Å²) < 4.78 is 27.3. The molecule has 0 fully saturated rings. The van der Waals surface area contributed by atoms with Crippen LogP contribution in [0.25, 0.3) is 0 Å². The van der Waals surface area contributed by atoms with Crippen LogP contribution < -0.4 is 10.0 Å². The number of aromatic nitrogens is 1. The van der Waals surface area contributed by atoms with Crippen molar-refractivity contribution in [1.29, 1.82) is 0 Å². The maximum Gasteiger partial charge on any atom is 0.241 e. The van der Waals surface area contributed by atoms with Crippen molar-refractivity contribution in [1.82, 2.24) is 15.0 Å². The summed E-state index contributed by atoms with van der Waals surface area (Å²) in [5, 5.41) is 4.96. The Balaban J connectivity index is 1.97. The second kappa shape index (κ2) is 7.65. The van der Waals surface area contributed by atoms with Crippen LogP contribution in [0.3, 0.4) is 0 Å². The lowest BCUT2D eigenvalue weighted by molar-refractivity contribution is 0.579. The Morgan fingerprint density at radius 2 is 2.14 bits per heavy atom. The van der Waals surface area contributed by atoms with E-state index in [2.05, 4.69) is 15.0 Å². The van der Waals surface area contributed by atoms with Crippen molar-refractivity contribution in [3.05, 3.63) is 46.4 Å². The van der Waals surface area contributed by atoms with E-state index in [1.54, 1.807) is 17.6 Å². The Bertz CT molecular complexity index is 654. The predicted molar refractivity (Wildman–Crippen MR) is 84.8 cm³/mol. The third kappa shape index (κ3) is 4.60. The molecule has 0 aromatic carbocycles. The van der Waals surface area contributed by atoms with E-state index >= 15 is 0 Å². The van der Waals surface area contributed by atoms with Crippen molar-refractivity contribution in [3.8, 4) is 0 Å². The van der Waals surface area contributed by atoms with Gasteiger partial charge in [0, 0.05) is 36.3 Å². The molecule has 0 unspecified atom stereocenters. The van der Waals surface area contributed by atoms with E-state index < -0.39 is 10.0 Å². The van der Waals surface area contributed by atoms with Gasteiger partial charge in [-0.1, -0.05) is 13.0 Å². The minimum atomic E-state index is -3.46. The quantitative estimate of drug-likeness (QED) is 0.776. The van der Waals surface area contributed by atoms with Gasteiger partial charge in [-0.05, 0) is 30.1 Å². The van der Waals surface area contributed by atoms with Crippen molar-refractivity contribution in [2.24, 2.45) is 0 Å². The van der Waals surface area contributed by atoms with Gasteiger partial charge < -0.3 is 5.32 Å². The molecule has 2 heterocycles. The van der Waals surface area contributed by atoms with Crippen molar-refractivity contribution in [2.45, 2.75) is 24.8 Å². The van der Waals surface area contributed by atoms with E-state index in [-0.39, 0.29) is 0 Å².